The van der Waals surface area contributed by atoms with E-state index in [-0.39, 0.29) is 18.2 Å². The van der Waals surface area contributed by atoms with Gasteiger partial charge in [0.05, 0.1) is 24.3 Å². The van der Waals surface area contributed by atoms with Crippen LogP contribution in [0.3, 0.4) is 0 Å². The number of amides is 1. The summed E-state index contributed by atoms with van der Waals surface area (Å²) < 4.78 is 12.2. The number of nitrogens with zero attached hydrogens (tertiary/aromatic N) is 6. The van der Waals surface area contributed by atoms with Gasteiger partial charge in [-0.1, -0.05) is 30.3 Å². The summed E-state index contributed by atoms with van der Waals surface area (Å²) in [5.74, 6) is 0.985. The highest BCUT2D eigenvalue weighted by Crippen LogP contribution is 2.38. The number of fused-ring (bicyclic) bond motifs is 4. The Kier molecular flexibility index (Phi) is 7.55. The van der Waals surface area contributed by atoms with Gasteiger partial charge in [0.25, 0.3) is 0 Å². The summed E-state index contributed by atoms with van der Waals surface area (Å²) in [6, 6.07) is 14.3. The minimum Gasteiger partial charge on any atom is -0.462 e. The lowest BCUT2D eigenvalue weighted by Crippen LogP contribution is -2.57. The number of likely N-dealkylation sites (N-methyl/N-ethyl adjacent to an activating group) is 1. The number of hydrogen-bond acceptors (Lipinski definition) is 8. The summed E-state index contributed by atoms with van der Waals surface area (Å²) in [4.78, 5) is 32.6. The van der Waals surface area contributed by atoms with E-state index in [4.69, 9.17) is 19.4 Å². The molecule has 7 rings (SSSR count). The standard InChI is InChI=1S/C35H46N6O3/c1-23-17-24-9-6-7-11-28(24)31(18-23)39-16-14-29-30(21-39)36-33(43-22-27-10-8-15-38(27)5)37-32(29)40-19-25-12-13-26(20-40)41(25)34(42)44-35(2,3)4/h6-7,9,11,17-18,25-27H,8,10,12-16,19-22H2,1-5H3/t25?,26?,27-/m0/s1. The first-order chi connectivity index (χ1) is 21.1. The Bertz CT molecular complexity index is 1540. The molecule has 0 saturated carbocycles. The zero-order valence-corrected chi connectivity index (χ0v) is 26.9. The van der Waals surface area contributed by atoms with Crippen molar-refractivity contribution in [3.05, 3.63) is 53.2 Å². The summed E-state index contributed by atoms with van der Waals surface area (Å²) in [5, 5.41) is 2.53. The van der Waals surface area contributed by atoms with Crippen molar-refractivity contribution >= 4 is 28.4 Å². The number of hydrogen-bond donors (Lipinski definition) is 0. The second kappa shape index (κ2) is 11.4. The minimum atomic E-state index is -0.506. The van der Waals surface area contributed by atoms with Gasteiger partial charge in [-0.05, 0) is 90.4 Å². The topological polar surface area (TPSA) is 74.3 Å². The van der Waals surface area contributed by atoms with Crippen LogP contribution in [0.25, 0.3) is 10.8 Å². The normalized spacial score (nSPS) is 23.8. The van der Waals surface area contributed by atoms with E-state index in [1.165, 1.54) is 34.0 Å². The number of likely N-dealkylation sites (tertiary alicyclic amines) is 1. The van der Waals surface area contributed by atoms with E-state index in [1.807, 2.05) is 25.7 Å². The molecule has 3 aromatic rings. The van der Waals surface area contributed by atoms with Gasteiger partial charge in [0, 0.05) is 42.3 Å². The highest BCUT2D eigenvalue weighted by atomic mass is 16.6. The van der Waals surface area contributed by atoms with Crippen molar-refractivity contribution in [2.24, 2.45) is 0 Å². The van der Waals surface area contributed by atoms with Crippen molar-refractivity contribution in [2.75, 3.05) is 49.6 Å². The van der Waals surface area contributed by atoms with Gasteiger partial charge < -0.3 is 24.2 Å². The molecule has 4 aliphatic heterocycles. The molecule has 1 amide bonds. The molecule has 0 N–H and O–H groups in total. The molecule has 234 valence electrons. The molecule has 2 bridgehead atoms. The predicted octanol–water partition coefficient (Wildman–Crippen LogP) is 5.56. The number of aryl methyl sites for hydroxylation is 1. The molecule has 2 unspecified atom stereocenters. The van der Waals surface area contributed by atoms with E-state index in [9.17, 15) is 4.79 Å². The van der Waals surface area contributed by atoms with Crippen LogP contribution in [-0.2, 0) is 17.7 Å². The van der Waals surface area contributed by atoms with Gasteiger partial charge >= 0.3 is 12.1 Å². The van der Waals surface area contributed by atoms with Crippen molar-refractivity contribution in [3.8, 4) is 6.01 Å². The van der Waals surface area contributed by atoms with Crippen molar-refractivity contribution in [2.45, 2.75) is 90.1 Å². The Morgan fingerprint density at radius 1 is 1.00 bits per heavy atom. The fraction of sp³-hybridized carbons (Fsp3) is 0.571. The predicted molar refractivity (Wildman–Crippen MR) is 174 cm³/mol. The van der Waals surface area contributed by atoms with E-state index in [0.29, 0.717) is 25.2 Å². The second-order valence-electron chi connectivity index (χ2n) is 14.2. The molecular formula is C35H46N6O3. The Morgan fingerprint density at radius 2 is 1.77 bits per heavy atom. The highest BCUT2D eigenvalue weighted by molar-refractivity contribution is 5.95. The fourth-order valence-electron chi connectivity index (χ4n) is 7.67. The van der Waals surface area contributed by atoms with E-state index < -0.39 is 5.60 Å². The van der Waals surface area contributed by atoms with Crippen LogP contribution in [0.5, 0.6) is 6.01 Å². The first-order valence-corrected chi connectivity index (χ1v) is 16.4. The number of ether oxygens (including phenoxy) is 2. The zero-order valence-electron chi connectivity index (χ0n) is 26.9. The van der Waals surface area contributed by atoms with E-state index >= 15 is 0 Å². The Hall–Kier alpha value is -3.59. The maximum absolute atomic E-state index is 13.2. The molecule has 4 aliphatic rings. The highest BCUT2D eigenvalue weighted by Gasteiger charge is 2.45. The van der Waals surface area contributed by atoms with E-state index in [0.717, 1.165) is 63.4 Å². The molecule has 0 aliphatic carbocycles. The maximum atomic E-state index is 13.2. The van der Waals surface area contributed by atoms with E-state index in [2.05, 4.69) is 65.1 Å². The van der Waals surface area contributed by atoms with Crippen LogP contribution in [-0.4, -0.2) is 89.4 Å². The number of carbonyl (C=O) groups is 1. The number of rotatable bonds is 5. The number of anilines is 2. The third-order valence-corrected chi connectivity index (χ3v) is 9.81. The number of piperazine rings is 1. The number of benzene rings is 2. The summed E-state index contributed by atoms with van der Waals surface area (Å²) in [6.45, 7) is 12.8. The molecular weight excluding hydrogens is 552 g/mol. The zero-order chi connectivity index (χ0) is 30.6. The van der Waals surface area contributed by atoms with Gasteiger partial charge in [-0.2, -0.15) is 9.97 Å². The lowest BCUT2D eigenvalue weighted by molar-refractivity contribution is 0.0122. The van der Waals surface area contributed by atoms with Crippen molar-refractivity contribution in [3.63, 3.8) is 0 Å². The van der Waals surface area contributed by atoms with Crippen LogP contribution in [0.4, 0.5) is 16.3 Å². The fourth-order valence-corrected chi connectivity index (χ4v) is 7.67. The lowest BCUT2D eigenvalue weighted by Gasteiger charge is -2.43. The quantitative estimate of drug-likeness (QED) is 0.378. The monoisotopic (exact) mass is 598 g/mol. The van der Waals surface area contributed by atoms with Gasteiger partial charge in [0.15, 0.2) is 0 Å². The smallest absolute Gasteiger partial charge is 0.410 e. The van der Waals surface area contributed by atoms with E-state index in [1.54, 1.807) is 0 Å². The molecule has 0 radical (unpaired) electrons. The summed E-state index contributed by atoms with van der Waals surface area (Å²) in [7, 11) is 2.17. The number of carbonyl (C=O) groups excluding carboxylic acids is 1. The Labute approximate surface area is 261 Å². The third-order valence-electron chi connectivity index (χ3n) is 9.81. The lowest BCUT2D eigenvalue weighted by atomic mass is 10.00. The Balaban J connectivity index is 1.19. The molecule has 3 saturated heterocycles. The first-order valence-electron chi connectivity index (χ1n) is 16.4. The van der Waals surface area contributed by atoms with Gasteiger partial charge in [-0.15, -0.1) is 0 Å². The maximum Gasteiger partial charge on any atom is 0.410 e. The minimum absolute atomic E-state index is 0.115. The first kappa shape index (κ1) is 29.1. The average molecular weight is 599 g/mol. The van der Waals surface area contributed by atoms with Gasteiger partial charge in [-0.25, -0.2) is 4.79 Å². The summed E-state index contributed by atoms with van der Waals surface area (Å²) >= 11 is 0. The van der Waals surface area contributed by atoms with Crippen molar-refractivity contribution in [1.29, 1.82) is 0 Å². The third kappa shape index (κ3) is 5.67. The Morgan fingerprint density at radius 3 is 2.50 bits per heavy atom. The molecule has 44 heavy (non-hydrogen) atoms. The van der Waals surface area contributed by atoms with Crippen molar-refractivity contribution in [1.82, 2.24) is 19.8 Å². The largest absolute Gasteiger partial charge is 0.462 e. The second-order valence-corrected chi connectivity index (χ2v) is 14.2. The molecule has 9 heteroatoms. The van der Waals surface area contributed by atoms with Crippen LogP contribution in [0.15, 0.2) is 36.4 Å². The molecule has 9 nitrogen and oxygen atoms in total. The molecule has 0 spiro atoms. The molecule has 1 aromatic heterocycles. The van der Waals surface area contributed by atoms with Crippen molar-refractivity contribution < 1.29 is 14.3 Å². The van der Waals surface area contributed by atoms with Crippen LogP contribution in [0.1, 0.15) is 63.3 Å². The van der Waals surface area contributed by atoms with Crippen LogP contribution in [0, 0.1) is 6.92 Å². The van der Waals surface area contributed by atoms with Crippen LogP contribution in [0.2, 0.25) is 0 Å². The van der Waals surface area contributed by atoms with Gasteiger partial charge in [-0.3, -0.25) is 4.90 Å². The van der Waals surface area contributed by atoms with Gasteiger partial charge in [0.1, 0.15) is 18.0 Å². The van der Waals surface area contributed by atoms with Crippen LogP contribution >= 0.6 is 0 Å². The molecule has 5 heterocycles. The SMILES string of the molecule is Cc1cc(N2CCc3c(nc(OC[C@@H]4CCCN4C)nc3N3CC4CCC(C3)N4C(=O)OC(C)(C)C)C2)c2ccccc2c1. The molecule has 3 fully saturated rings. The van der Waals surface area contributed by atoms with Gasteiger partial charge in [0.2, 0.25) is 0 Å². The number of aromatic nitrogens is 2. The molecule has 2 aromatic carbocycles. The molecule has 3 atom stereocenters. The van der Waals surface area contributed by atoms with Crippen LogP contribution < -0.4 is 14.5 Å². The summed E-state index contributed by atoms with van der Waals surface area (Å²) in [5.41, 5.74) is 4.27. The average Bonchev–Trinajstić information content (AvgIpc) is 3.52. The summed E-state index contributed by atoms with van der Waals surface area (Å²) in [6.07, 6.45) is 4.97.